The highest BCUT2D eigenvalue weighted by Crippen LogP contribution is 2.19. The van der Waals surface area contributed by atoms with Gasteiger partial charge in [-0.05, 0) is 17.7 Å². The predicted molar refractivity (Wildman–Crippen MR) is 57.2 cm³/mol. The summed E-state index contributed by atoms with van der Waals surface area (Å²) in [7, 11) is 0. The minimum atomic E-state index is -1.59. The van der Waals surface area contributed by atoms with E-state index in [-0.39, 0.29) is 0 Å². The Morgan fingerprint density at radius 2 is 1.80 bits per heavy atom. The van der Waals surface area contributed by atoms with Crippen LogP contribution < -0.4 is 0 Å². The van der Waals surface area contributed by atoms with Crippen molar-refractivity contribution in [3.63, 3.8) is 0 Å². The molecule has 0 radical (unpaired) electrons. The van der Waals surface area contributed by atoms with Crippen molar-refractivity contribution in [1.82, 2.24) is 0 Å². The van der Waals surface area contributed by atoms with Gasteiger partial charge in [-0.2, -0.15) is 0 Å². The Hall–Kier alpha value is -0.750. The monoisotopic (exact) mass is 274 g/mol. The van der Waals surface area contributed by atoms with Gasteiger partial charge in [0.15, 0.2) is 5.78 Å². The molecule has 0 fully saturated rings. The van der Waals surface area contributed by atoms with E-state index in [1.165, 1.54) is 0 Å². The molecule has 0 saturated heterocycles. The van der Waals surface area contributed by atoms with Crippen molar-refractivity contribution in [3.8, 4) is 0 Å². The number of aliphatic hydroxyl groups excluding tert-OH is 3. The third-order valence-corrected chi connectivity index (χ3v) is 2.52. The largest absolute Gasteiger partial charge is 0.388 e. The first-order chi connectivity index (χ1) is 7.06. The lowest BCUT2D eigenvalue weighted by Crippen LogP contribution is -2.30. The molecule has 0 aliphatic carbocycles. The molecule has 82 valence electrons. The summed E-state index contributed by atoms with van der Waals surface area (Å²) in [6.07, 6.45) is -2.89. The molecule has 5 heteroatoms. The van der Waals surface area contributed by atoms with Gasteiger partial charge in [0.1, 0.15) is 18.8 Å². The average molecular weight is 275 g/mol. The maximum Gasteiger partial charge on any atom is 0.189 e. The van der Waals surface area contributed by atoms with E-state index in [1.807, 2.05) is 0 Å². The molecule has 0 saturated carbocycles. The van der Waals surface area contributed by atoms with Gasteiger partial charge in [0.25, 0.3) is 0 Å². The van der Waals surface area contributed by atoms with Gasteiger partial charge in [0.05, 0.1) is 0 Å². The third kappa shape index (κ3) is 3.10. The summed E-state index contributed by atoms with van der Waals surface area (Å²) >= 11 is 3.22. The molecular weight excluding hydrogens is 264 g/mol. The van der Waals surface area contributed by atoms with Crippen molar-refractivity contribution in [3.05, 3.63) is 34.3 Å². The standard InChI is InChI=1S/C10H11BrO4/c11-7-3-1-6(2-4-7)9(14)10(15)8(13)5-12/h1-4,9-10,12,14-15H,5H2/t9-,10-/m0/s1. The summed E-state index contributed by atoms with van der Waals surface area (Å²) in [6.45, 7) is -0.783. The Labute approximate surface area is 95.3 Å². The minimum Gasteiger partial charge on any atom is -0.388 e. The van der Waals surface area contributed by atoms with Crippen molar-refractivity contribution in [1.29, 1.82) is 0 Å². The minimum absolute atomic E-state index is 0.424. The molecular formula is C10H11BrO4. The van der Waals surface area contributed by atoms with Crippen LogP contribution in [0.2, 0.25) is 0 Å². The molecule has 0 aliphatic heterocycles. The zero-order valence-corrected chi connectivity index (χ0v) is 9.39. The van der Waals surface area contributed by atoms with Gasteiger partial charge in [0.2, 0.25) is 0 Å². The summed E-state index contributed by atoms with van der Waals surface area (Å²) in [6, 6.07) is 6.55. The van der Waals surface area contributed by atoms with Gasteiger partial charge in [0, 0.05) is 4.47 Å². The van der Waals surface area contributed by atoms with E-state index in [2.05, 4.69) is 15.9 Å². The number of hydrogen-bond donors (Lipinski definition) is 3. The molecule has 0 amide bonds. The fourth-order valence-corrected chi connectivity index (χ4v) is 1.38. The van der Waals surface area contributed by atoms with Crippen LogP contribution in [0.25, 0.3) is 0 Å². The highest BCUT2D eigenvalue weighted by molar-refractivity contribution is 9.10. The van der Waals surface area contributed by atoms with E-state index in [9.17, 15) is 15.0 Å². The van der Waals surface area contributed by atoms with Crippen LogP contribution in [0.3, 0.4) is 0 Å². The van der Waals surface area contributed by atoms with Crippen LogP contribution in [0.1, 0.15) is 11.7 Å². The Kier molecular flexibility index (Phi) is 4.41. The van der Waals surface area contributed by atoms with E-state index in [4.69, 9.17) is 5.11 Å². The normalized spacial score (nSPS) is 14.7. The quantitative estimate of drug-likeness (QED) is 0.743. The lowest BCUT2D eigenvalue weighted by Gasteiger charge is -2.16. The van der Waals surface area contributed by atoms with Gasteiger partial charge < -0.3 is 15.3 Å². The lowest BCUT2D eigenvalue weighted by atomic mass is 10.0. The molecule has 3 N–H and O–H groups in total. The maximum absolute atomic E-state index is 10.9. The molecule has 0 heterocycles. The highest BCUT2D eigenvalue weighted by Gasteiger charge is 2.24. The SMILES string of the molecule is O=C(CO)[C@H](O)[C@@H](O)c1ccc(Br)cc1. The van der Waals surface area contributed by atoms with E-state index < -0.39 is 24.6 Å². The second-order valence-corrected chi connectivity index (χ2v) is 3.98. The van der Waals surface area contributed by atoms with Crippen LogP contribution in [-0.4, -0.2) is 33.8 Å². The summed E-state index contributed by atoms with van der Waals surface area (Å²) in [5.41, 5.74) is 0.424. The number of rotatable bonds is 4. The maximum atomic E-state index is 10.9. The van der Waals surface area contributed by atoms with Gasteiger partial charge in [-0.15, -0.1) is 0 Å². The van der Waals surface area contributed by atoms with Crippen LogP contribution in [0.5, 0.6) is 0 Å². The lowest BCUT2D eigenvalue weighted by molar-refractivity contribution is -0.135. The molecule has 0 spiro atoms. The number of halogens is 1. The van der Waals surface area contributed by atoms with E-state index >= 15 is 0 Å². The first kappa shape index (κ1) is 12.3. The van der Waals surface area contributed by atoms with Gasteiger partial charge in [-0.25, -0.2) is 0 Å². The number of aliphatic hydroxyl groups is 3. The molecule has 15 heavy (non-hydrogen) atoms. The topological polar surface area (TPSA) is 77.8 Å². The number of ketones is 1. The van der Waals surface area contributed by atoms with E-state index in [0.717, 1.165) is 4.47 Å². The molecule has 1 aromatic rings. The number of carbonyl (C=O) groups is 1. The molecule has 1 aromatic carbocycles. The third-order valence-electron chi connectivity index (χ3n) is 2.00. The average Bonchev–Trinajstić information content (AvgIpc) is 2.27. The van der Waals surface area contributed by atoms with Crippen LogP contribution >= 0.6 is 15.9 Å². The van der Waals surface area contributed by atoms with Crippen molar-refractivity contribution in [2.24, 2.45) is 0 Å². The summed E-state index contributed by atoms with van der Waals surface area (Å²) in [5, 5.41) is 27.4. The van der Waals surface area contributed by atoms with E-state index in [1.54, 1.807) is 24.3 Å². The number of Topliss-reactive ketones (excluding diaryl/α,β-unsaturated/α-hetero) is 1. The number of hydrogen-bond acceptors (Lipinski definition) is 4. The predicted octanol–water partition coefficient (Wildman–Crippen LogP) is 0.405. The number of carbonyl (C=O) groups excluding carboxylic acids is 1. The van der Waals surface area contributed by atoms with Crippen LogP contribution in [0.15, 0.2) is 28.7 Å². The molecule has 1 rings (SSSR count). The molecule has 0 bridgehead atoms. The molecule has 0 unspecified atom stereocenters. The van der Waals surface area contributed by atoms with E-state index in [0.29, 0.717) is 5.56 Å². The molecule has 4 nitrogen and oxygen atoms in total. The van der Waals surface area contributed by atoms with Crippen molar-refractivity contribution < 1.29 is 20.1 Å². The zero-order chi connectivity index (χ0) is 11.4. The highest BCUT2D eigenvalue weighted by atomic mass is 79.9. The number of benzene rings is 1. The fraction of sp³-hybridized carbons (Fsp3) is 0.300. The fourth-order valence-electron chi connectivity index (χ4n) is 1.11. The van der Waals surface area contributed by atoms with Gasteiger partial charge in [-0.3, -0.25) is 4.79 Å². The first-order valence-corrected chi connectivity index (χ1v) is 5.10. The summed E-state index contributed by atoms with van der Waals surface area (Å²) < 4.78 is 0.835. The van der Waals surface area contributed by atoms with Crippen molar-refractivity contribution in [2.45, 2.75) is 12.2 Å². The first-order valence-electron chi connectivity index (χ1n) is 4.31. The van der Waals surface area contributed by atoms with Gasteiger partial charge >= 0.3 is 0 Å². The molecule has 0 aliphatic rings. The molecule has 2 atom stereocenters. The van der Waals surface area contributed by atoms with Crippen LogP contribution in [-0.2, 0) is 4.79 Å². The second kappa shape index (κ2) is 5.37. The van der Waals surface area contributed by atoms with Crippen LogP contribution in [0, 0.1) is 0 Å². The Balaban J connectivity index is 2.80. The van der Waals surface area contributed by atoms with Gasteiger partial charge in [-0.1, -0.05) is 28.1 Å². The molecule has 0 aromatic heterocycles. The smallest absolute Gasteiger partial charge is 0.189 e. The van der Waals surface area contributed by atoms with Crippen LogP contribution in [0.4, 0.5) is 0 Å². The Morgan fingerprint density at radius 3 is 2.27 bits per heavy atom. The van der Waals surface area contributed by atoms with Crippen molar-refractivity contribution in [2.75, 3.05) is 6.61 Å². The second-order valence-electron chi connectivity index (χ2n) is 3.07. The summed E-state index contributed by atoms with van der Waals surface area (Å²) in [4.78, 5) is 10.9. The Bertz CT molecular complexity index is 336. The summed E-state index contributed by atoms with van der Waals surface area (Å²) in [5.74, 6) is -0.801. The van der Waals surface area contributed by atoms with Crippen molar-refractivity contribution >= 4 is 21.7 Å². The Morgan fingerprint density at radius 1 is 1.27 bits per heavy atom. The zero-order valence-electron chi connectivity index (χ0n) is 7.80.